The van der Waals surface area contributed by atoms with Gasteiger partial charge in [0, 0.05) is 17.4 Å². The first-order valence-electron chi connectivity index (χ1n) is 7.04. The highest BCUT2D eigenvalue weighted by Gasteiger charge is 2.22. The Morgan fingerprint density at radius 1 is 1.26 bits per heavy atom. The van der Waals surface area contributed by atoms with E-state index in [4.69, 9.17) is 11.5 Å². The molecule has 0 bridgehead atoms. The maximum absolute atomic E-state index is 12.2. The van der Waals surface area contributed by atoms with Gasteiger partial charge in [-0.25, -0.2) is 0 Å². The second kappa shape index (κ2) is 5.95. The summed E-state index contributed by atoms with van der Waals surface area (Å²) in [4.78, 5) is 12.2. The number of hydrogen-bond donors (Lipinski definition) is 3. The molecule has 0 aromatic heterocycles. The van der Waals surface area contributed by atoms with Gasteiger partial charge in [-0.05, 0) is 43.9 Å². The van der Waals surface area contributed by atoms with E-state index in [0.717, 1.165) is 0 Å². The van der Waals surface area contributed by atoms with Gasteiger partial charge in [0.15, 0.2) is 0 Å². The molecule has 2 rings (SSSR count). The van der Waals surface area contributed by atoms with E-state index in [2.05, 4.69) is 12.2 Å². The molecule has 1 aliphatic rings. The summed E-state index contributed by atoms with van der Waals surface area (Å²) in [6, 6.07) is 5.22. The molecule has 0 aliphatic heterocycles. The molecule has 1 atom stereocenters. The molecule has 0 saturated heterocycles. The van der Waals surface area contributed by atoms with Crippen LogP contribution in [0.5, 0.6) is 0 Å². The van der Waals surface area contributed by atoms with E-state index in [1.807, 2.05) is 0 Å². The van der Waals surface area contributed by atoms with Crippen molar-refractivity contribution >= 4 is 17.3 Å². The molecule has 1 amide bonds. The van der Waals surface area contributed by atoms with Crippen molar-refractivity contribution in [2.24, 2.45) is 5.92 Å². The second-order valence-corrected chi connectivity index (χ2v) is 5.51. The molecule has 1 unspecified atom stereocenters. The van der Waals surface area contributed by atoms with Crippen molar-refractivity contribution in [2.45, 2.75) is 45.1 Å². The zero-order valence-corrected chi connectivity index (χ0v) is 11.5. The van der Waals surface area contributed by atoms with Crippen molar-refractivity contribution in [2.75, 3.05) is 11.5 Å². The number of amides is 1. The summed E-state index contributed by atoms with van der Waals surface area (Å²) >= 11 is 0. The van der Waals surface area contributed by atoms with Crippen LogP contribution < -0.4 is 16.8 Å². The van der Waals surface area contributed by atoms with Crippen molar-refractivity contribution in [3.63, 3.8) is 0 Å². The number of hydrogen-bond acceptors (Lipinski definition) is 3. The van der Waals surface area contributed by atoms with E-state index in [-0.39, 0.29) is 11.9 Å². The van der Waals surface area contributed by atoms with Gasteiger partial charge in [-0.3, -0.25) is 4.79 Å². The summed E-state index contributed by atoms with van der Waals surface area (Å²) in [5.74, 6) is 0.489. The first-order chi connectivity index (χ1) is 9.08. The first-order valence-corrected chi connectivity index (χ1v) is 7.04. The number of nitrogen functional groups attached to an aromatic ring is 2. The van der Waals surface area contributed by atoms with Crippen LogP contribution in [0.15, 0.2) is 18.2 Å². The molecule has 1 fully saturated rings. The summed E-state index contributed by atoms with van der Waals surface area (Å²) < 4.78 is 0. The minimum absolute atomic E-state index is 0.101. The highest BCUT2D eigenvalue weighted by Crippen LogP contribution is 2.26. The van der Waals surface area contributed by atoms with E-state index in [1.54, 1.807) is 18.2 Å². The highest BCUT2D eigenvalue weighted by molar-refractivity contribution is 5.99. The maximum Gasteiger partial charge on any atom is 0.253 e. The fraction of sp³-hybridized carbons (Fsp3) is 0.533. The standard InChI is InChI=1S/C15H23N3O/c1-10(11-5-3-2-4-6-11)18-15(19)13-8-7-12(16)9-14(13)17/h7-11H,2-6,16-17H2,1H3,(H,18,19). The Labute approximate surface area is 114 Å². The first kappa shape index (κ1) is 13.7. The Morgan fingerprint density at radius 3 is 2.58 bits per heavy atom. The molecule has 1 aromatic rings. The summed E-state index contributed by atoms with van der Waals surface area (Å²) in [6.07, 6.45) is 6.28. The number of nitrogens with one attached hydrogen (secondary N) is 1. The Kier molecular flexibility index (Phi) is 4.30. The zero-order valence-electron chi connectivity index (χ0n) is 11.5. The molecule has 4 heteroatoms. The third kappa shape index (κ3) is 3.40. The third-order valence-electron chi connectivity index (χ3n) is 4.04. The second-order valence-electron chi connectivity index (χ2n) is 5.51. The predicted octanol–water partition coefficient (Wildman–Crippen LogP) is 2.55. The molecule has 104 valence electrons. The van der Waals surface area contributed by atoms with E-state index in [1.165, 1.54) is 32.1 Å². The van der Waals surface area contributed by atoms with Gasteiger partial charge in [0.1, 0.15) is 0 Å². The Bertz CT molecular complexity index is 453. The van der Waals surface area contributed by atoms with Crippen LogP contribution in [-0.4, -0.2) is 11.9 Å². The number of rotatable bonds is 3. The lowest BCUT2D eigenvalue weighted by Crippen LogP contribution is -2.39. The van der Waals surface area contributed by atoms with Crippen molar-refractivity contribution in [3.05, 3.63) is 23.8 Å². The SMILES string of the molecule is CC(NC(=O)c1ccc(N)cc1N)C1CCCCC1. The molecule has 1 aromatic carbocycles. The normalized spacial score (nSPS) is 17.9. The lowest BCUT2D eigenvalue weighted by Gasteiger charge is -2.28. The van der Waals surface area contributed by atoms with Gasteiger partial charge >= 0.3 is 0 Å². The number of carbonyl (C=O) groups is 1. The van der Waals surface area contributed by atoms with Gasteiger partial charge in [-0.15, -0.1) is 0 Å². The molecule has 19 heavy (non-hydrogen) atoms. The Morgan fingerprint density at radius 2 is 1.95 bits per heavy atom. The zero-order chi connectivity index (χ0) is 13.8. The van der Waals surface area contributed by atoms with Gasteiger partial charge in [-0.1, -0.05) is 19.3 Å². The summed E-state index contributed by atoms with van der Waals surface area (Å²) in [6.45, 7) is 2.08. The molecule has 4 nitrogen and oxygen atoms in total. The van der Waals surface area contributed by atoms with Crippen LogP contribution in [0.4, 0.5) is 11.4 Å². The van der Waals surface area contributed by atoms with E-state index in [0.29, 0.717) is 22.9 Å². The third-order valence-corrected chi connectivity index (χ3v) is 4.04. The minimum Gasteiger partial charge on any atom is -0.399 e. The fourth-order valence-electron chi connectivity index (χ4n) is 2.82. The average Bonchev–Trinajstić information content (AvgIpc) is 2.39. The molecule has 1 aliphatic carbocycles. The van der Waals surface area contributed by atoms with E-state index in [9.17, 15) is 4.79 Å². The number of anilines is 2. The maximum atomic E-state index is 12.2. The van der Waals surface area contributed by atoms with Gasteiger partial charge in [0.2, 0.25) is 0 Å². The van der Waals surface area contributed by atoms with E-state index >= 15 is 0 Å². The summed E-state index contributed by atoms with van der Waals surface area (Å²) in [5.41, 5.74) is 13.0. The predicted molar refractivity (Wildman–Crippen MR) is 78.8 cm³/mol. The lowest BCUT2D eigenvalue weighted by atomic mass is 9.84. The van der Waals surface area contributed by atoms with Crippen LogP contribution in [0.2, 0.25) is 0 Å². The molecule has 1 saturated carbocycles. The van der Waals surface area contributed by atoms with Crippen LogP contribution >= 0.6 is 0 Å². The van der Waals surface area contributed by atoms with Crippen LogP contribution in [0, 0.1) is 5.92 Å². The van der Waals surface area contributed by atoms with Crippen molar-refractivity contribution < 1.29 is 4.79 Å². The smallest absolute Gasteiger partial charge is 0.253 e. The van der Waals surface area contributed by atoms with Crippen LogP contribution in [0.1, 0.15) is 49.4 Å². The van der Waals surface area contributed by atoms with Crippen LogP contribution in [0.3, 0.4) is 0 Å². The summed E-state index contributed by atoms with van der Waals surface area (Å²) in [7, 11) is 0. The minimum atomic E-state index is -0.101. The van der Waals surface area contributed by atoms with Crippen LogP contribution in [-0.2, 0) is 0 Å². The highest BCUT2D eigenvalue weighted by atomic mass is 16.1. The average molecular weight is 261 g/mol. The Balaban J connectivity index is 1.99. The number of carbonyl (C=O) groups excluding carboxylic acids is 1. The monoisotopic (exact) mass is 261 g/mol. The number of benzene rings is 1. The van der Waals surface area contributed by atoms with Crippen molar-refractivity contribution in [1.29, 1.82) is 0 Å². The van der Waals surface area contributed by atoms with Gasteiger partial charge in [0.05, 0.1) is 5.56 Å². The quantitative estimate of drug-likeness (QED) is 0.731. The van der Waals surface area contributed by atoms with Crippen molar-refractivity contribution in [1.82, 2.24) is 5.32 Å². The largest absolute Gasteiger partial charge is 0.399 e. The lowest BCUT2D eigenvalue weighted by molar-refractivity contribution is 0.0920. The van der Waals surface area contributed by atoms with Gasteiger partial charge in [0.25, 0.3) is 5.91 Å². The molecule has 5 N–H and O–H groups in total. The molecule has 0 heterocycles. The topological polar surface area (TPSA) is 81.1 Å². The fourth-order valence-corrected chi connectivity index (χ4v) is 2.82. The Hall–Kier alpha value is -1.71. The van der Waals surface area contributed by atoms with Crippen LogP contribution in [0.25, 0.3) is 0 Å². The van der Waals surface area contributed by atoms with E-state index < -0.39 is 0 Å². The van der Waals surface area contributed by atoms with Gasteiger partial charge in [-0.2, -0.15) is 0 Å². The van der Waals surface area contributed by atoms with Gasteiger partial charge < -0.3 is 16.8 Å². The van der Waals surface area contributed by atoms with Crippen molar-refractivity contribution in [3.8, 4) is 0 Å². The molecule has 0 spiro atoms. The summed E-state index contributed by atoms with van der Waals surface area (Å²) in [5, 5.41) is 3.07. The molecular formula is C15H23N3O. The molecular weight excluding hydrogens is 238 g/mol. The number of nitrogens with two attached hydrogens (primary N) is 2. The molecule has 0 radical (unpaired) electrons.